The smallest absolute Gasteiger partial charge is 0.120 e. The Kier molecular flexibility index (Phi) is 3.96. The maximum Gasteiger partial charge on any atom is 0.120 e. The van der Waals surface area contributed by atoms with Crippen LogP contribution in [0.2, 0.25) is 0 Å². The van der Waals surface area contributed by atoms with E-state index in [0.29, 0.717) is 11.7 Å². The number of aromatic hydroxyl groups is 1. The zero-order valence-electron chi connectivity index (χ0n) is 8.90. The summed E-state index contributed by atoms with van der Waals surface area (Å²) in [6.07, 6.45) is 2.02. The average Bonchev–Trinajstić information content (AvgIpc) is 2.15. The summed E-state index contributed by atoms with van der Waals surface area (Å²) in [5, 5.41) is 9.57. The van der Waals surface area contributed by atoms with Crippen molar-refractivity contribution in [3.05, 3.63) is 29.8 Å². The summed E-state index contributed by atoms with van der Waals surface area (Å²) in [6.45, 7) is 4.36. The zero-order valence-corrected chi connectivity index (χ0v) is 8.90. The molecule has 0 spiro atoms. The number of benzene rings is 1. The first-order valence-corrected chi connectivity index (χ1v) is 5.14. The maximum absolute atomic E-state index is 9.57. The Morgan fingerprint density at radius 1 is 1.21 bits per heavy atom. The molecule has 2 heteroatoms. The molecule has 3 N–H and O–H groups in total. The van der Waals surface area contributed by atoms with Crippen LogP contribution in [0.1, 0.15) is 38.3 Å². The monoisotopic (exact) mass is 193 g/mol. The van der Waals surface area contributed by atoms with E-state index in [-0.39, 0.29) is 6.04 Å². The van der Waals surface area contributed by atoms with Crippen molar-refractivity contribution in [2.75, 3.05) is 0 Å². The van der Waals surface area contributed by atoms with Crippen LogP contribution in [-0.4, -0.2) is 5.11 Å². The van der Waals surface area contributed by atoms with Gasteiger partial charge >= 0.3 is 0 Å². The standard InChI is InChI=1S/C12H19NO/c1-9(2)7-8-11(13)10-5-3-4-6-12(10)14/h3-6,9,11,14H,7-8,13H2,1-2H3/t11-/m0/s1. The molecule has 1 atom stereocenters. The molecule has 1 aromatic rings. The molecule has 0 radical (unpaired) electrons. The van der Waals surface area contributed by atoms with Gasteiger partial charge in [0, 0.05) is 11.6 Å². The van der Waals surface area contributed by atoms with Gasteiger partial charge in [0.25, 0.3) is 0 Å². The Balaban J connectivity index is 2.60. The van der Waals surface area contributed by atoms with Crippen LogP contribution in [0, 0.1) is 5.92 Å². The number of hydrogen-bond donors (Lipinski definition) is 2. The van der Waals surface area contributed by atoms with Crippen LogP contribution in [0.25, 0.3) is 0 Å². The molecule has 2 nitrogen and oxygen atoms in total. The normalized spacial score (nSPS) is 13.1. The highest BCUT2D eigenvalue weighted by molar-refractivity contribution is 5.34. The van der Waals surface area contributed by atoms with Gasteiger partial charge in [-0.05, 0) is 24.8 Å². The van der Waals surface area contributed by atoms with Gasteiger partial charge in [-0.3, -0.25) is 0 Å². The van der Waals surface area contributed by atoms with Crippen molar-refractivity contribution in [2.24, 2.45) is 11.7 Å². The summed E-state index contributed by atoms with van der Waals surface area (Å²) in [7, 11) is 0. The van der Waals surface area contributed by atoms with Crippen LogP contribution in [0.4, 0.5) is 0 Å². The molecule has 0 heterocycles. The number of rotatable bonds is 4. The van der Waals surface area contributed by atoms with Crippen LogP contribution in [-0.2, 0) is 0 Å². The van der Waals surface area contributed by atoms with Crippen molar-refractivity contribution in [3.63, 3.8) is 0 Å². The topological polar surface area (TPSA) is 46.2 Å². The van der Waals surface area contributed by atoms with Crippen molar-refractivity contribution in [1.29, 1.82) is 0 Å². The van der Waals surface area contributed by atoms with Crippen LogP contribution in [0.5, 0.6) is 5.75 Å². The Morgan fingerprint density at radius 2 is 1.86 bits per heavy atom. The van der Waals surface area contributed by atoms with Crippen LogP contribution < -0.4 is 5.73 Å². The molecule has 1 aromatic carbocycles. The van der Waals surface area contributed by atoms with E-state index in [1.54, 1.807) is 6.07 Å². The van der Waals surface area contributed by atoms with Gasteiger partial charge in [0.2, 0.25) is 0 Å². The van der Waals surface area contributed by atoms with E-state index in [1.807, 2.05) is 18.2 Å². The molecular formula is C12H19NO. The Bertz CT molecular complexity index is 283. The molecule has 0 aliphatic carbocycles. The van der Waals surface area contributed by atoms with Crippen LogP contribution in [0.15, 0.2) is 24.3 Å². The predicted octanol–water partition coefficient (Wildman–Crippen LogP) is 2.83. The van der Waals surface area contributed by atoms with Gasteiger partial charge in [0.05, 0.1) is 0 Å². The lowest BCUT2D eigenvalue weighted by Gasteiger charge is -2.14. The molecule has 14 heavy (non-hydrogen) atoms. The van der Waals surface area contributed by atoms with Gasteiger partial charge < -0.3 is 10.8 Å². The largest absolute Gasteiger partial charge is 0.508 e. The third kappa shape index (κ3) is 3.04. The summed E-state index contributed by atoms with van der Waals surface area (Å²) in [5.74, 6) is 0.968. The molecular weight excluding hydrogens is 174 g/mol. The fraction of sp³-hybridized carbons (Fsp3) is 0.500. The molecule has 0 saturated carbocycles. The summed E-state index contributed by atoms with van der Waals surface area (Å²) < 4.78 is 0. The summed E-state index contributed by atoms with van der Waals surface area (Å²) in [6, 6.07) is 7.25. The second kappa shape index (κ2) is 5.01. The number of nitrogens with two attached hydrogens (primary N) is 1. The first kappa shape index (κ1) is 11.1. The number of hydrogen-bond acceptors (Lipinski definition) is 2. The highest BCUT2D eigenvalue weighted by Crippen LogP contribution is 2.25. The summed E-state index contributed by atoms with van der Waals surface area (Å²) in [5.41, 5.74) is 6.84. The third-order valence-corrected chi connectivity index (χ3v) is 2.39. The van der Waals surface area contributed by atoms with E-state index in [0.717, 1.165) is 18.4 Å². The van der Waals surface area contributed by atoms with E-state index in [9.17, 15) is 5.11 Å². The molecule has 0 aromatic heterocycles. The Hall–Kier alpha value is -1.02. The third-order valence-electron chi connectivity index (χ3n) is 2.39. The Labute approximate surface area is 85.8 Å². The molecule has 78 valence electrons. The summed E-state index contributed by atoms with van der Waals surface area (Å²) >= 11 is 0. The number of phenols is 1. The second-order valence-electron chi connectivity index (χ2n) is 4.14. The fourth-order valence-electron chi connectivity index (χ4n) is 1.47. The van der Waals surface area contributed by atoms with Gasteiger partial charge in [-0.25, -0.2) is 0 Å². The first-order chi connectivity index (χ1) is 6.61. The van der Waals surface area contributed by atoms with Crippen molar-refractivity contribution >= 4 is 0 Å². The molecule has 0 fully saturated rings. The van der Waals surface area contributed by atoms with Crippen molar-refractivity contribution < 1.29 is 5.11 Å². The number of phenolic OH excluding ortho intramolecular Hbond substituents is 1. The van der Waals surface area contributed by atoms with Gasteiger partial charge in [-0.2, -0.15) is 0 Å². The van der Waals surface area contributed by atoms with Crippen molar-refractivity contribution in [1.82, 2.24) is 0 Å². The summed E-state index contributed by atoms with van der Waals surface area (Å²) in [4.78, 5) is 0. The maximum atomic E-state index is 9.57. The fourth-order valence-corrected chi connectivity index (χ4v) is 1.47. The van der Waals surface area contributed by atoms with Crippen LogP contribution >= 0.6 is 0 Å². The highest BCUT2D eigenvalue weighted by atomic mass is 16.3. The molecule has 0 amide bonds. The lowest BCUT2D eigenvalue weighted by atomic mass is 9.98. The average molecular weight is 193 g/mol. The number of para-hydroxylation sites is 1. The minimum Gasteiger partial charge on any atom is -0.508 e. The molecule has 0 unspecified atom stereocenters. The van der Waals surface area contributed by atoms with Gasteiger partial charge in [-0.1, -0.05) is 32.0 Å². The predicted molar refractivity (Wildman–Crippen MR) is 59.1 cm³/mol. The minimum atomic E-state index is -0.0430. The molecule has 0 bridgehead atoms. The molecule has 0 saturated heterocycles. The lowest BCUT2D eigenvalue weighted by molar-refractivity contribution is 0.448. The van der Waals surface area contributed by atoms with E-state index < -0.39 is 0 Å². The lowest BCUT2D eigenvalue weighted by Crippen LogP contribution is -2.11. The molecule has 0 aliphatic heterocycles. The van der Waals surface area contributed by atoms with E-state index in [2.05, 4.69) is 13.8 Å². The molecule has 1 rings (SSSR count). The van der Waals surface area contributed by atoms with Crippen molar-refractivity contribution in [2.45, 2.75) is 32.7 Å². The van der Waals surface area contributed by atoms with Gasteiger partial charge in [-0.15, -0.1) is 0 Å². The first-order valence-electron chi connectivity index (χ1n) is 5.14. The zero-order chi connectivity index (χ0) is 10.6. The van der Waals surface area contributed by atoms with Crippen molar-refractivity contribution in [3.8, 4) is 5.75 Å². The minimum absolute atomic E-state index is 0.0430. The second-order valence-corrected chi connectivity index (χ2v) is 4.14. The van der Waals surface area contributed by atoms with Gasteiger partial charge in [0.1, 0.15) is 5.75 Å². The Morgan fingerprint density at radius 3 is 2.43 bits per heavy atom. The molecule has 0 aliphatic rings. The SMILES string of the molecule is CC(C)CC[C@H](N)c1ccccc1O. The van der Waals surface area contributed by atoms with Gasteiger partial charge in [0.15, 0.2) is 0 Å². The quantitative estimate of drug-likeness (QED) is 0.772. The van der Waals surface area contributed by atoms with E-state index in [4.69, 9.17) is 5.73 Å². The van der Waals surface area contributed by atoms with Crippen LogP contribution in [0.3, 0.4) is 0 Å². The van der Waals surface area contributed by atoms with E-state index in [1.165, 1.54) is 0 Å². The van der Waals surface area contributed by atoms with E-state index >= 15 is 0 Å². The highest BCUT2D eigenvalue weighted by Gasteiger charge is 2.10.